The van der Waals surface area contributed by atoms with E-state index < -0.39 is 0 Å². The lowest BCUT2D eigenvalue weighted by atomic mass is 9.86. The standard InChI is InChI=1S/C13H19N3/c1-10-4-5-11-12(16-10)15-9-13(8-14-11)6-2-3-7-13/h4-5,14H,2-3,6-9H2,1H3,(H,15,16). The van der Waals surface area contributed by atoms with Crippen LogP contribution in [0.2, 0.25) is 0 Å². The van der Waals surface area contributed by atoms with E-state index >= 15 is 0 Å². The zero-order valence-electron chi connectivity index (χ0n) is 9.84. The van der Waals surface area contributed by atoms with Gasteiger partial charge < -0.3 is 10.6 Å². The van der Waals surface area contributed by atoms with E-state index in [1.54, 1.807) is 0 Å². The summed E-state index contributed by atoms with van der Waals surface area (Å²) in [6.45, 7) is 4.21. The molecule has 1 fully saturated rings. The second-order valence-corrected chi connectivity index (χ2v) is 5.26. The highest BCUT2D eigenvalue weighted by Gasteiger charge is 2.35. The number of anilines is 2. The van der Waals surface area contributed by atoms with Crippen LogP contribution in [0.3, 0.4) is 0 Å². The molecular weight excluding hydrogens is 198 g/mol. The van der Waals surface area contributed by atoms with Crippen LogP contribution < -0.4 is 10.6 Å². The molecule has 1 spiro atoms. The van der Waals surface area contributed by atoms with E-state index in [0.29, 0.717) is 5.41 Å². The molecule has 1 aliphatic heterocycles. The van der Waals surface area contributed by atoms with E-state index in [9.17, 15) is 0 Å². The third kappa shape index (κ3) is 1.64. The molecule has 0 saturated heterocycles. The molecule has 0 unspecified atom stereocenters. The van der Waals surface area contributed by atoms with Crippen molar-refractivity contribution >= 4 is 11.5 Å². The maximum atomic E-state index is 4.55. The lowest BCUT2D eigenvalue weighted by molar-refractivity contribution is 0.346. The fraction of sp³-hybridized carbons (Fsp3) is 0.615. The minimum Gasteiger partial charge on any atom is -0.381 e. The number of aromatic nitrogens is 1. The van der Waals surface area contributed by atoms with Crippen LogP contribution in [0.15, 0.2) is 12.1 Å². The van der Waals surface area contributed by atoms with Crippen molar-refractivity contribution in [2.45, 2.75) is 32.6 Å². The van der Waals surface area contributed by atoms with E-state index in [0.717, 1.165) is 30.3 Å². The van der Waals surface area contributed by atoms with E-state index in [1.165, 1.54) is 25.7 Å². The molecule has 3 heteroatoms. The first-order valence-electron chi connectivity index (χ1n) is 6.23. The molecule has 0 radical (unpaired) electrons. The van der Waals surface area contributed by atoms with Gasteiger partial charge in [-0.3, -0.25) is 0 Å². The van der Waals surface area contributed by atoms with Crippen LogP contribution in [0.4, 0.5) is 11.5 Å². The van der Waals surface area contributed by atoms with Crippen LogP contribution in [0.25, 0.3) is 0 Å². The first-order chi connectivity index (χ1) is 7.77. The molecule has 1 saturated carbocycles. The van der Waals surface area contributed by atoms with Crippen molar-refractivity contribution in [3.63, 3.8) is 0 Å². The Balaban J connectivity index is 1.86. The average molecular weight is 217 g/mol. The number of aryl methyl sites for hydroxylation is 1. The molecule has 0 bridgehead atoms. The number of nitrogens with zero attached hydrogens (tertiary/aromatic N) is 1. The smallest absolute Gasteiger partial charge is 0.149 e. The zero-order chi connectivity index (χ0) is 11.0. The highest BCUT2D eigenvalue weighted by atomic mass is 15.1. The van der Waals surface area contributed by atoms with Crippen molar-refractivity contribution in [1.29, 1.82) is 0 Å². The Morgan fingerprint density at radius 1 is 1.12 bits per heavy atom. The predicted molar refractivity (Wildman–Crippen MR) is 66.9 cm³/mol. The third-order valence-electron chi connectivity index (χ3n) is 3.98. The molecule has 1 aliphatic carbocycles. The van der Waals surface area contributed by atoms with Gasteiger partial charge in [0.2, 0.25) is 0 Å². The predicted octanol–water partition coefficient (Wildman–Crippen LogP) is 2.79. The second kappa shape index (κ2) is 3.65. The lowest BCUT2D eigenvalue weighted by Crippen LogP contribution is -2.31. The van der Waals surface area contributed by atoms with E-state index in [-0.39, 0.29) is 0 Å². The number of fused-ring (bicyclic) bond motifs is 1. The Morgan fingerprint density at radius 2 is 1.88 bits per heavy atom. The Labute approximate surface area is 96.7 Å². The van der Waals surface area contributed by atoms with Gasteiger partial charge in [-0.2, -0.15) is 0 Å². The highest BCUT2D eigenvalue weighted by Crippen LogP contribution is 2.40. The lowest BCUT2D eigenvalue weighted by Gasteiger charge is -2.26. The highest BCUT2D eigenvalue weighted by molar-refractivity contribution is 5.65. The molecule has 2 N–H and O–H groups in total. The van der Waals surface area contributed by atoms with Crippen molar-refractivity contribution < 1.29 is 0 Å². The van der Waals surface area contributed by atoms with Crippen molar-refractivity contribution in [2.24, 2.45) is 5.41 Å². The zero-order valence-corrected chi connectivity index (χ0v) is 9.84. The number of nitrogens with one attached hydrogen (secondary N) is 2. The summed E-state index contributed by atoms with van der Waals surface area (Å²) in [5.41, 5.74) is 2.71. The van der Waals surface area contributed by atoms with Gasteiger partial charge in [-0.25, -0.2) is 4.98 Å². The fourth-order valence-electron chi connectivity index (χ4n) is 2.93. The minimum absolute atomic E-state index is 0.467. The summed E-state index contributed by atoms with van der Waals surface area (Å²) < 4.78 is 0. The van der Waals surface area contributed by atoms with Crippen LogP contribution in [0.5, 0.6) is 0 Å². The van der Waals surface area contributed by atoms with Crippen LogP contribution in [-0.2, 0) is 0 Å². The summed E-state index contributed by atoms with van der Waals surface area (Å²) in [5, 5.41) is 7.09. The van der Waals surface area contributed by atoms with E-state index in [2.05, 4.69) is 27.8 Å². The Kier molecular flexibility index (Phi) is 2.27. The molecule has 2 heterocycles. The summed E-state index contributed by atoms with van der Waals surface area (Å²) >= 11 is 0. The average Bonchev–Trinajstić information content (AvgIpc) is 2.66. The van der Waals surface area contributed by atoms with Crippen molar-refractivity contribution in [3.8, 4) is 0 Å². The van der Waals surface area contributed by atoms with E-state index in [1.807, 2.05) is 6.92 Å². The molecule has 0 amide bonds. The SMILES string of the molecule is Cc1ccc2c(n1)NCC1(CCCC1)CN2. The number of hydrogen-bond donors (Lipinski definition) is 2. The molecule has 1 aromatic heterocycles. The topological polar surface area (TPSA) is 37.0 Å². The van der Waals surface area contributed by atoms with Gasteiger partial charge in [-0.05, 0) is 31.9 Å². The van der Waals surface area contributed by atoms with Crippen molar-refractivity contribution in [3.05, 3.63) is 17.8 Å². The Morgan fingerprint density at radius 3 is 2.69 bits per heavy atom. The molecule has 16 heavy (non-hydrogen) atoms. The van der Waals surface area contributed by atoms with Crippen LogP contribution >= 0.6 is 0 Å². The number of rotatable bonds is 0. The summed E-state index contributed by atoms with van der Waals surface area (Å²) in [4.78, 5) is 4.55. The minimum atomic E-state index is 0.467. The van der Waals surface area contributed by atoms with Crippen molar-refractivity contribution in [1.82, 2.24) is 4.98 Å². The quantitative estimate of drug-likeness (QED) is 0.701. The maximum Gasteiger partial charge on any atom is 0.149 e. The molecule has 3 nitrogen and oxygen atoms in total. The van der Waals surface area contributed by atoms with Gasteiger partial charge in [-0.15, -0.1) is 0 Å². The van der Waals surface area contributed by atoms with Gasteiger partial charge in [0.05, 0.1) is 5.69 Å². The summed E-state index contributed by atoms with van der Waals surface area (Å²) in [6.07, 6.45) is 5.46. The first kappa shape index (κ1) is 9.94. The molecule has 86 valence electrons. The third-order valence-corrected chi connectivity index (χ3v) is 3.98. The molecule has 0 atom stereocenters. The monoisotopic (exact) mass is 217 g/mol. The maximum absolute atomic E-state index is 4.55. The second-order valence-electron chi connectivity index (χ2n) is 5.26. The molecule has 2 aliphatic rings. The number of hydrogen-bond acceptors (Lipinski definition) is 3. The van der Waals surface area contributed by atoms with Gasteiger partial charge in [-0.1, -0.05) is 12.8 Å². The summed E-state index contributed by atoms with van der Waals surface area (Å²) in [6, 6.07) is 4.21. The largest absolute Gasteiger partial charge is 0.381 e. The Bertz CT molecular complexity index is 394. The van der Waals surface area contributed by atoms with Gasteiger partial charge in [0.25, 0.3) is 0 Å². The fourth-order valence-corrected chi connectivity index (χ4v) is 2.93. The van der Waals surface area contributed by atoms with Gasteiger partial charge >= 0.3 is 0 Å². The Hall–Kier alpha value is -1.25. The molecule has 0 aromatic carbocycles. The first-order valence-corrected chi connectivity index (χ1v) is 6.23. The van der Waals surface area contributed by atoms with Gasteiger partial charge in [0.15, 0.2) is 0 Å². The molecular formula is C13H19N3. The van der Waals surface area contributed by atoms with Crippen LogP contribution in [0, 0.1) is 12.3 Å². The van der Waals surface area contributed by atoms with Gasteiger partial charge in [0, 0.05) is 24.2 Å². The number of pyridine rings is 1. The normalized spacial score (nSPS) is 22.1. The summed E-state index contributed by atoms with van der Waals surface area (Å²) in [7, 11) is 0. The van der Waals surface area contributed by atoms with E-state index in [4.69, 9.17) is 0 Å². The molecule has 1 aromatic rings. The van der Waals surface area contributed by atoms with Crippen molar-refractivity contribution in [2.75, 3.05) is 23.7 Å². The van der Waals surface area contributed by atoms with Gasteiger partial charge in [0.1, 0.15) is 5.82 Å². The summed E-state index contributed by atoms with van der Waals surface area (Å²) in [5.74, 6) is 1.03. The molecule has 3 rings (SSSR count). The van der Waals surface area contributed by atoms with Crippen LogP contribution in [-0.4, -0.2) is 18.1 Å². The van der Waals surface area contributed by atoms with Crippen LogP contribution in [0.1, 0.15) is 31.4 Å².